The number of alkyl halides is 1. The predicted molar refractivity (Wildman–Crippen MR) is 128 cm³/mol. The topological polar surface area (TPSA) is 73.2 Å². The molecule has 0 spiro atoms. The van der Waals surface area contributed by atoms with Crippen LogP contribution in [0.15, 0.2) is 48.5 Å². The fourth-order valence-corrected chi connectivity index (χ4v) is 4.12. The first-order valence-corrected chi connectivity index (χ1v) is 11.5. The van der Waals surface area contributed by atoms with Crippen molar-refractivity contribution in [1.82, 2.24) is 0 Å². The van der Waals surface area contributed by atoms with Gasteiger partial charge in [0.05, 0.1) is 23.2 Å². The number of carbonyl (C=O) groups excluding carboxylic acids is 1. The molecule has 1 saturated carbocycles. The van der Waals surface area contributed by atoms with E-state index in [0.717, 1.165) is 22.5 Å². The summed E-state index contributed by atoms with van der Waals surface area (Å²) in [5.41, 5.74) is 3.95. The number of halogens is 1. The van der Waals surface area contributed by atoms with E-state index in [0.29, 0.717) is 17.6 Å². The number of benzene rings is 2. The van der Waals surface area contributed by atoms with Crippen LogP contribution >= 0.6 is 22.6 Å². The molecular formula is C23H29IN2O4. The molecule has 2 atom stereocenters. The van der Waals surface area contributed by atoms with Crippen molar-refractivity contribution in [3.8, 4) is 0 Å². The molecule has 0 amide bonds. The minimum Gasteiger partial charge on any atom is -0.463 e. The Kier molecular flexibility index (Phi) is 7.60. The molecule has 0 heterocycles. The maximum Gasteiger partial charge on any atom is 0.315 e. The zero-order valence-corrected chi connectivity index (χ0v) is 19.7. The molecule has 2 N–H and O–H groups in total. The number of aliphatic hydroxyl groups is 2. The lowest BCUT2D eigenvalue weighted by molar-refractivity contribution is -0.139. The number of hydrogen-bond donors (Lipinski definition) is 2. The number of nitrogens with zero attached hydrogens (tertiary/aromatic N) is 2. The van der Waals surface area contributed by atoms with Crippen LogP contribution in [0.25, 0.3) is 0 Å². The Balaban J connectivity index is 1.61. The minimum absolute atomic E-state index is 0.210. The number of esters is 1. The lowest BCUT2D eigenvalue weighted by atomic mass is 9.63. The highest BCUT2D eigenvalue weighted by Gasteiger charge is 2.50. The van der Waals surface area contributed by atoms with E-state index in [-0.39, 0.29) is 17.8 Å². The molecule has 3 rings (SSSR count). The molecule has 2 unspecified atom stereocenters. The van der Waals surface area contributed by atoms with Crippen molar-refractivity contribution < 1.29 is 19.7 Å². The predicted octanol–water partition coefficient (Wildman–Crippen LogP) is 2.77. The molecule has 1 aliphatic carbocycles. The van der Waals surface area contributed by atoms with Crippen LogP contribution in [0.1, 0.15) is 23.0 Å². The van der Waals surface area contributed by atoms with Gasteiger partial charge in [-0.3, -0.25) is 4.79 Å². The molecule has 0 saturated heterocycles. The van der Waals surface area contributed by atoms with Crippen LogP contribution in [0.4, 0.5) is 11.4 Å². The first kappa shape index (κ1) is 22.8. The molecule has 6 nitrogen and oxygen atoms in total. The average Bonchev–Trinajstić information content (AvgIpc) is 2.74. The second-order valence-corrected chi connectivity index (χ2v) is 8.65. The summed E-state index contributed by atoms with van der Waals surface area (Å²) in [5.74, 6) is -0.785. The first-order chi connectivity index (χ1) is 14.3. The molecule has 1 aliphatic rings. The van der Waals surface area contributed by atoms with Gasteiger partial charge in [-0.05, 0) is 35.4 Å². The van der Waals surface area contributed by atoms with Gasteiger partial charge in [-0.25, -0.2) is 0 Å². The van der Waals surface area contributed by atoms with Crippen molar-refractivity contribution in [2.24, 2.45) is 0 Å². The Hall–Kier alpha value is -1.84. The summed E-state index contributed by atoms with van der Waals surface area (Å²) in [6.07, 6.45) is -1.25. The summed E-state index contributed by atoms with van der Waals surface area (Å²) < 4.78 is 5.47. The van der Waals surface area contributed by atoms with E-state index in [4.69, 9.17) is 4.74 Å². The van der Waals surface area contributed by atoms with E-state index in [2.05, 4.69) is 0 Å². The second kappa shape index (κ2) is 9.98. The normalized spacial score (nSPS) is 22.9. The van der Waals surface area contributed by atoms with Crippen molar-refractivity contribution in [3.05, 3.63) is 59.7 Å². The summed E-state index contributed by atoms with van der Waals surface area (Å²) in [4.78, 5) is 15.3. The highest BCUT2D eigenvalue weighted by atomic mass is 127. The lowest BCUT2D eigenvalue weighted by Crippen LogP contribution is -2.51. The van der Waals surface area contributed by atoms with Gasteiger partial charge in [-0.2, -0.15) is 0 Å². The van der Waals surface area contributed by atoms with Gasteiger partial charge in [0, 0.05) is 44.4 Å². The maximum absolute atomic E-state index is 11.2. The fourth-order valence-electron chi connectivity index (χ4n) is 3.90. The zero-order chi connectivity index (χ0) is 21.8. The highest BCUT2D eigenvalue weighted by Crippen LogP contribution is 2.48. The van der Waals surface area contributed by atoms with Gasteiger partial charge < -0.3 is 24.7 Å². The first-order valence-electron chi connectivity index (χ1n) is 9.99. The minimum atomic E-state index is -0.624. The van der Waals surface area contributed by atoms with Crippen molar-refractivity contribution >= 4 is 39.9 Å². The smallest absolute Gasteiger partial charge is 0.315 e. The molecular weight excluding hydrogens is 495 g/mol. The van der Waals surface area contributed by atoms with Crippen LogP contribution in [-0.2, 0) is 9.53 Å². The van der Waals surface area contributed by atoms with Gasteiger partial charge >= 0.3 is 5.97 Å². The summed E-state index contributed by atoms with van der Waals surface area (Å²) in [6, 6.07) is 15.8. The Morgan fingerprint density at radius 2 is 1.37 bits per heavy atom. The van der Waals surface area contributed by atoms with E-state index in [1.165, 1.54) is 0 Å². The largest absolute Gasteiger partial charge is 0.463 e. The molecule has 2 aromatic carbocycles. The van der Waals surface area contributed by atoms with Crippen LogP contribution in [0.5, 0.6) is 0 Å². The zero-order valence-electron chi connectivity index (χ0n) is 17.5. The quantitative estimate of drug-likeness (QED) is 0.315. The monoisotopic (exact) mass is 524 g/mol. The summed E-state index contributed by atoms with van der Waals surface area (Å²) in [7, 11) is 5.90. The third kappa shape index (κ3) is 4.90. The molecule has 162 valence electrons. The molecule has 0 aliphatic heterocycles. The van der Waals surface area contributed by atoms with Crippen molar-refractivity contribution in [2.75, 3.05) is 48.5 Å². The fraction of sp³-hybridized carbons (Fsp3) is 0.435. The van der Waals surface area contributed by atoms with Crippen LogP contribution in [-0.4, -0.2) is 67.1 Å². The van der Waals surface area contributed by atoms with Crippen LogP contribution in [0, 0.1) is 0 Å². The third-order valence-corrected chi connectivity index (χ3v) is 6.41. The van der Waals surface area contributed by atoms with Crippen LogP contribution in [0.2, 0.25) is 0 Å². The van der Waals surface area contributed by atoms with E-state index in [1.807, 2.05) is 102 Å². The molecule has 1 fully saturated rings. The molecule has 0 bridgehead atoms. The van der Waals surface area contributed by atoms with E-state index in [9.17, 15) is 15.0 Å². The van der Waals surface area contributed by atoms with Crippen molar-refractivity contribution in [1.29, 1.82) is 0 Å². The van der Waals surface area contributed by atoms with Gasteiger partial charge in [0.2, 0.25) is 0 Å². The molecule has 7 heteroatoms. The Bertz CT molecular complexity index is 831. The number of anilines is 2. The third-order valence-electron chi connectivity index (χ3n) is 5.78. The number of aliphatic hydroxyl groups excluding tert-OH is 2. The van der Waals surface area contributed by atoms with Crippen molar-refractivity contribution in [2.45, 2.75) is 24.0 Å². The summed E-state index contributed by atoms with van der Waals surface area (Å²) >= 11 is 1.98. The van der Waals surface area contributed by atoms with Gasteiger partial charge in [0.25, 0.3) is 0 Å². The number of ether oxygens (including phenoxy) is 1. The Morgan fingerprint density at radius 3 is 1.80 bits per heavy atom. The number of likely N-dealkylation sites (N-methyl/N-ethyl adjacent to an activating group) is 1. The Morgan fingerprint density at radius 1 is 0.900 bits per heavy atom. The van der Waals surface area contributed by atoms with Crippen molar-refractivity contribution in [3.63, 3.8) is 0 Å². The van der Waals surface area contributed by atoms with Gasteiger partial charge in [-0.15, -0.1) is 0 Å². The second-order valence-electron chi connectivity index (χ2n) is 7.89. The lowest BCUT2D eigenvalue weighted by Gasteiger charge is -2.47. The van der Waals surface area contributed by atoms with Crippen LogP contribution in [0.3, 0.4) is 0 Å². The van der Waals surface area contributed by atoms with E-state index < -0.39 is 12.2 Å². The molecule has 0 radical (unpaired) electrons. The number of rotatable bonds is 8. The Labute approximate surface area is 191 Å². The number of hydrogen-bond acceptors (Lipinski definition) is 6. The SMILES string of the molecule is CN(C)c1ccc(C2C(O)C(c3ccc(N(C)CCOC(=O)CI)cc3)C2O)cc1. The van der Waals surface area contributed by atoms with Gasteiger partial charge in [-0.1, -0.05) is 46.9 Å². The summed E-state index contributed by atoms with van der Waals surface area (Å²) in [5, 5.41) is 21.5. The number of carbonyl (C=O) groups is 1. The standard InChI is InChI=1S/C23H29IN2O4/c1-25(2)17-8-4-15(5-9-17)20-22(28)21(23(20)29)16-6-10-18(11-7-16)26(3)12-13-30-19(27)14-24/h4-11,20-23,28-29H,12-14H2,1-3H3. The molecule has 2 aromatic rings. The van der Waals surface area contributed by atoms with E-state index >= 15 is 0 Å². The maximum atomic E-state index is 11.2. The van der Waals surface area contributed by atoms with Crippen LogP contribution < -0.4 is 9.80 Å². The molecule has 0 aromatic heterocycles. The highest BCUT2D eigenvalue weighted by molar-refractivity contribution is 14.1. The summed E-state index contributed by atoms with van der Waals surface area (Å²) in [6.45, 7) is 0.940. The average molecular weight is 524 g/mol. The van der Waals surface area contributed by atoms with Gasteiger partial charge in [0.15, 0.2) is 0 Å². The van der Waals surface area contributed by atoms with Gasteiger partial charge in [0.1, 0.15) is 6.61 Å². The molecule has 30 heavy (non-hydrogen) atoms. The van der Waals surface area contributed by atoms with E-state index in [1.54, 1.807) is 0 Å².